The summed E-state index contributed by atoms with van der Waals surface area (Å²) in [7, 11) is 0. The summed E-state index contributed by atoms with van der Waals surface area (Å²) in [6, 6.07) is 0.0282. The fraction of sp³-hybridized carbons (Fsp3) is 0.857. The normalized spacial score (nSPS) is 22.9. The summed E-state index contributed by atoms with van der Waals surface area (Å²) in [6.45, 7) is 6.40. The van der Waals surface area contributed by atoms with E-state index in [1.165, 1.54) is 0 Å². The number of carbonyl (C=O) groups excluding carboxylic acids is 2. The van der Waals surface area contributed by atoms with Gasteiger partial charge < -0.3 is 20.3 Å². The molecule has 1 atom stereocenters. The first-order valence-corrected chi connectivity index (χ1v) is 7.56. The molecule has 2 aliphatic heterocycles. The van der Waals surface area contributed by atoms with E-state index in [0.717, 1.165) is 45.6 Å². The smallest absolute Gasteiger partial charge is 0.311 e. The fourth-order valence-corrected chi connectivity index (χ4v) is 2.79. The highest BCUT2D eigenvalue weighted by Crippen LogP contribution is 2.18. The Hall–Kier alpha value is -1.14. The number of hydrogen-bond donors (Lipinski definition) is 2. The Bertz CT molecular complexity index is 335. The standard InChI is InChI=1S/C14H25N3O3/c1-11(12-3-9-20-10-4-12)16-13(18)14(19)17-7-2-5-15-6-8-17/h11-12,15H,2-10H2,1H3,(H,16,18). The molecule has 0 aliphatic carbocycles. The fourth-order valence-electron chi connectivity index (χ4n) is 2.79. The van der Waals surface area contributed by atoms with E-state index in [0.29, 0.717) is 19.0 Å². The summed E-state index contributed by atoms with van der Waals surface area (Å²) in [6.07, 6.45) is 2.79. The van der Waals surface area contributed by atoms with Crippen LogP contribution in [0, 0.1) is 5.92 Å². The van der Waals surface area contributed by atoms with Crippen LogP contribution in [0.3, 0.4) is 0 Å². The molecule has 2 saturated heterocycles. The van der Waals surface area contributed by atoms with Gasteiger partial charge in [-0.1, -0.05) is 0 Å². The molecule has 0 aromatic heterocycles. The highest BCUT2D eigenvalue weighted by molar-refractivity contribution is 6.35. The van der Waals surface area contributed by atoms with E-state index in [4.69, 9.17) is 4.74 Å². The Labute approximate surface area is 120 Å². The third-order valence-electron chi connectivity index (χ3n) is 4.15. The Balaban J connectivity index is 1.81. The van der Waals surface area contributed by atoms with Crippen molar-refractivity contribution in [3.63, 3.8) is 0 Å². The molecule has 0 bridgehead atoms. The number of hydrogen-bond acceptors (Lipinski definition) is 4. The van der Waals surface area contributed by atoms with Gasteiger partial charge in [0.15, 0.2) is 0 Å². The van der Waals surface area contributed by atoms with Crippen molar-refractivity contribution in [3.8, 4) is 0 Å². The molecule has 6 nitrogen and oxygen atoms in total. The number of nitrogens with one attached hydrogen (secondary N) is 2. The number of ether oxygens (including phenoxy) is 1. The minimum atomic E-state index is -0.467. The van der Waals surface area contributed by atoms with Crippen molar-refractivity contribution in [1.29, 1.82) is 0 Å². The molecule has 0 aromatic carbocycles. The first kappa shape index (κ1) is 15.3. The molecule has 0 saturated carbocycles. The van der Waals surface area contributed by atoms with Crippen molar-refractivity contribution in [3.05, 3.63) is 0 Å². The molecule has 2 aliphatic rings. The number of carbonyl (C=O) groups is 2. The average molecular weight is 283 g/mol. The zero-order chi connectivity index (χ0) is 14.4. The van der Waals surface area contributed by atoms with E-state index >= 15 is 0 Å². The van der Waals surface area contributed by atoms with Gasteiger partial charge in [0.2, 0.25) is 0 Å². The third kappa shape index (κ3) is 4.18. The van der Waals surface area contributed by atoms with Gasteiger partial charge >= 0.3 is 11.8 Å². The summed E-state index contributed by atoms with van der Waals surface area (Å²) < 4.78 is 5.32. The largest absolute Gasteiger partial charge is 0.381 e. The molecule has 20 heavy (non-hydrogen) atoms. The van der Waals surface area contributed by atoms with Crippen LogP contribution in [0.5, 0.6) is 0 Å². The third-order valence-corrected chi connectivity index (χ3v) is 4.15. The van der Waals surface area contributed by atoms with E-state index in [1.807, 2.05) is 6.92 Å². The zero-order valence-electron chi connectivity index (χ0n) is 12.2. The number of amides is 2. The Morgan fingerprint density at radius 2 is 2.00 bits per heavy atom. The molecule has 2 amide bonds. The molecule has 0 spiro atoms. The van der Waals surface area contributed by atoms with Crippen molar-refractivity contribution in [2.45, 2.75) is 32.2 Å². The molecule has 0 aromatic rings. The Morgan fingerprint density at radius 1 is 1.25 bits per heavy atom. The van der Waals surface area contributed by atoms with Crippen LogP contribution in [0.25, 0.3) is 0 Å². The van der Waals surface area contributed by atoms with Crippen molar-refractivity contribution in [2.24, 2.45) is 5.92 Å². The van der Waals surface area contributed by atoms with Gasteiger partial charge in [0, 0.05) is 38.9 Å². The van der Waals surface area contributed by atoms with Crippen LogP contribution in [0.1, 0.15) is 26.2 Å². The van der Waals surface area contributed by atoms with Gasteiger partial charge in [-0.2, -0.15) is 0 Å². The zero-order valence-corrected chi connectivity index (χ0v) is 12.2. The molecule has 2 rings (SSSR count). The van der Waals surface area contributed by atoms with Crippen molar-refractivity contribution >= 4 is 11.8 Å². The lowest BCUT2D eigenvalue weighted by Crippen LogP contribution is -2.49. The van der Waals surface area contributed by atoms with E-state index < -0.39 is 11.8 Å². The van der Waals surface area contributed by atoms with Gasteiger partial charge in [-0.15, -0.1) is 0 Å². The van der Waals surface area contributed by atoms with Gasteiger partial charge in [-0.05, 0) is 38.6 Å². The van der Waals surface area contributed by atoms with Gasteiger partial charge in [0.25, 0.3) is 0 Å². The van der Waals surface area contributed by atoms with Crippen LogP contribution in [-0.4, -0.2) is 62.1 Å². The molecular formula is C14H25N3O3. The maximum absolute atomic E-state index is 12.1. The van der Waals surface area contributed by atoms with Gasteiger partial charge in [0.1, 0.15) is 0 Å². The minimum absolute atomic E-state index is 0.0282. The van der Waals surface area contributed by atoms with Gasteiger partial charge in [-0.3, -0.25) is 9.59 Å². The van der Waals surface area contributed by atoms with Crippen LogP contribution in [0.15, 0.2) is 0 Å². The van der Waals surface area contributed by atoms with Gasteiger partial charge in [0.05, 0.1) is 0 Å². The number of rotatable bonds is 2. The molecule has 1 unspecified atom stereocenters. The quantitative estimate of drug-likeness (QED) is 0.685. The van der Waals surface area contributed by atoms with Gasteiger partial charge in [-0.25, -0.2) is 0 Å². The maximum Gasteiger partial charge on any atom is 0.311 e. The van der Waals surface area contributed by atoms with E-state index in [2.05, 4.69) is 10.6 Å². The summed E-state index contributed by atoms with van der Waals surface area (Å²) in [5, 5.41) is 6.08. The lowest BCUT2D eigenvalue weighted by atomic mass is 9.93. The summed E-state index contributed by atoms with van der Waals surface area (Å²) in [5.41, 5.74) is 0. The molecule has 0 radical (unpaired) electrons. The molecular weight excluding hydrogens is 258 g/mol. The first-order chi connectivity index (χ1) is 9.68. The van der Waals surface area contributed by atoms with Crippen LogP contribution >= 0.6 is 0 Å². The van der Waals surface area contributed by atoms with Crippen molar-refractivity contribution in [1.82, 2.24) is 15.5 Å². The summed E-state index contributed by atoms with van der Waals surface area (Å²) in [4.78, 5) is 25.8. The van der Waals surface area contributed by atoms with E-state index in [1.54, 1.807) is 4.90 Å². The Kier molecular flexibility index (Phi) is 5.79. The number of nitrogens with zero attached hydrogens (tertiary/aromatic N) is 1. The average Bonchev–Trinajstić information content (AvgIpc) is 2.76. The summed E-state index contributed by atoms with van der Waals surface area (Å²) in [5.74, 6) is -0.454. The minimum Gasteiger partial charge on any atom is -0.381 e. The van der Waals surface area contributed by atoms with Crippen LogP contribution < -0.4 is 10.6 Å². The predicted octanol–water partition coefficient (Wildman–Crippen LogP) is -0.260. The first-order valence-electron chi connectivity index (χ1n) is 7.56. The molecule has 2 N–H and O–H groups in total. The summed E-state index contributed by atoms with van der Waals surface area (Å²) >= 11 is 0. The molecule has 6 heteroatoms. The maximum atomic E-state index is 12.1. The molecule has 2 heterocycles. The van der Waals surface area contributed by atoms with Crippen LogP contribution in [0.2, 0.25) is 0 Å². The second-order valence-electron chi connectivity index (χ2n) is 5.61. The SMILES string of the molecule is CC(NC(=O)C(=O)N1CCCNCC1)C1CCOCC1. The molecule has 114 valence electrons. The predicted molar refractivity (Wildman–Crippen MR) is 75.2 cm³/mol. The monoisotopic (exact) mass is 283 g/mol. The van der Waals surface area contributed by atoms with E-state index in [-0.39, 0.29) is 6.04 Å². The van der Waals surface area contributed by atoms with Crippen molar-refractivity contribution in [2.75, 3.05) is 39.4 Å². The van der Waals surface area contributed by atoms with Crippen molar-refractivity contribution < 1.29 is 14.3 Å². The molecule has 2 fully saturated rings. The highest BCUT2D eigenvalue weighted by atomic mass is 16.5. The van der Waals surface area contributed by atoms with Crippen LogP contribution in [0.4, 0.5) is 0 Å². The van der Waals surface area contributed by atoms with E-state index in [9.17, 15) is 9.59 Å². The second-order valence-corrected chi connectivity index (χ2v) is 5.61. The lowest BCUT2D eigenvalue weighted by Gasteiger charge is -2.29. The topological polar surface area (TPSA) is 70.7 Å². The lowest BCUT2D eigenvalue weighted by molar-refractivity contribution is -0.146. The highest BCUT2D eigenvalue weighted by Gasteiger charge is 2.27. The Morgan fingerprint density at radius 3 is 2.75 bits per heavy atom. The van der Waals surface area contributed by atoms with Crippen LogP contribution in [-0.2, 0) is 14.3 Å². The second kappa shape index (κ2) is 7.59.